The second kappa shape index (κ2) is 5.51. The minimum Gasteiger partial charge on any atom is -0.343 e. The van der Waals surface area contributed by atoms with Gasteiger partial charge in [0.25, 0.3) is 5.91 Å². The van der Waals surface area contributed by atoms with Crippen molar-refractivity contribution in [3.8, 4) is 0 Å². The molecule has 26 heavy (non-hydrogen) atoms. The zero-order valence-corrected chi connectivity index (χ0v) is 14.8. The highest BCUT2D eigenvalue weighted by Gasteiger charge is 2.24. The van der Waals surface area contributed by atoms with Crippen LogP contribution in [0.5, 0.6) is 0 Å². The number of anilines is 1. The number of nitrogens with zero attached hydrogens (tertiary/aromatic N) is 2. The second-order valence-corrected chi connectivity index (χ2v) is 7.51. The summed E-state index contributed by atoms with van der Waals surface area (Å²) in [6.45, 7) is 2.10. The monoisotopic (exact) mass is 361 g/mol. The third-order valence-corrected chi connectivity index (χ3v) is 5.76. The zero-order chi connectivity index (χ0) is 17.8. The lowest BCUT2D eigenvalue weighted by Gasteiger charge is -2.12. The van der Waals surface area contributed by atoms with Gasteiger partial charge in [0.15, 0.2) is 0 Å². The Morgan fingerprint density at radius 3 is 3.08 bits per heavy atom. The molecule has 6 heteroatoms. The van der Waals surface area contributed by atoms with Crippen LogP contribution in [0.15, 0.2) is 53.6 Å². The van der Waals surface area contributed by atoms with Crippen LogP contribution in [0.25, 0.3) is 21.0 Å². The standard InChI is InChI=1S/C20H15N3O2S/c1-11-7-12-3-2-4-15-18(12)23(11)10-16(19(15)24)20(25)22-14-5-6-17-13(8-14)9-21-26-17/h2-6,8-11H,7H2,1H3,(H,22,25). The van der Waals surface area contributed by atoms with E-state index in [1.54, 1.807) is 18.5 Å². The first-order valence-electron chi connectivity index (χ1n) is 8.44. The number of hydrogen-bond acceptors (Lipinski definition) is 4. The van der Waals surface area contributed by atoms with Gasteiger partial charge in [-0.1, -0.05) is 12.1 Å². The lowest BCUT2D eigenvalue weighted by atomic mass is 10.1. The normalized spacial score (nSPS) is 15.7. The average Bonchev–Trinajstić information content (AvgIpc) is 3.22. The van der Waals surface area contributed by atoms with Gasteiger partial charge in [-0.2, -0.15) is 4.37 Å². The number of pyridine rings is 1. The Balaban J connectivity index is 1.60. The molecule has 0 saturated carbocycles. The summed E-state index contributed by atoms with van der Waals surface area (Å²) in [6.07, 6.45) is 4.35. The predicted molar refractivity (Wildman–Crippen MR) is 104 cm³/mol. The van der Waals surface area contributed by atoms with Crippen molar-refractivity contribution < 1.29 is 4.79 Å². The van der Waals surface area contributed by atoms with Crippen LogP contribution in [0.2, 0.25) is 0 Å². The Kier molecular flexibility index (Phi) is 3.24. The van der Waals surface area contributed by atoms with E-state index in [-0.39, 0.29) is 22.9 Å². The summed E-state index contributed by atoms with van der Waals surface area (Å²) in [5.41, 5.74) is 2.72. The molecule has 0 fully saturated rings. The lowest BCUT2D eigenvalue weighted by molar-refractivity contribution is 0.102. The van der Waals surface area contributed by atoms with Gasteiger partial charge in [-0.25, -0.2) is 0 Å². The van der Waals surface area contributed by atoms with Crippen molar-refractivity contribution >= 4 is 44.1 Å². The van der Waals surface area contributed by atoms with E-state index in [1.807, 2.05) is 34.9 Å². The Labute approximate surface area is 153 Å². The first-order chi connectivity index (χ1) is 12.6. The fraction of sp³-hybridized carbons (Fsp3) is 0.150. The van der Waals surface area contributed by atoms with Gasteiger partial charge < -0.3 is 9.88 Å². The van der Waals surface area contributed by atoms with E-state index < -0.39 is 0 Å². The number of rotatable bonds is 2. The number of fused-ring (bicyclic) bond motifs is 1. The summed E-state index contributed by atoms with van der Waals surface area (Å²) in [5.74, 6) is -0.382. The van der Waals surface area contributed by atoms with Crippen LogP contribution in [-0.4, -0.2) is 14.8 Å². The molecule has 128 valence electrons. The fourth-order valence-electron chi connectivity index (χ4n) is 3.73. The third-order valence-electron chi connectivity index (χ3n) is 4.98. The molecule has 0 saturated heterocycles. The van der Waals surface area contributed by atoms with Gasteiger partial charge >= 0.3 is 0 Å². The molecule has 2 aromatic carbocycles. The Morgan fingerprint density at radius 1 is 1.31 bits per heavy atom. The zero-order valence-electron chi connectivity index (χ0n) is 14.0. The second-order valence-electron chi connectivity index (χ2n) is 6.68. The maximum atomic E-state index is 12.9. The van der Waals surface area contributed by atoms with Crippen molar-refractivity contribution in [3.05, 3.63) is 70.1 Å². The number of aromatic nitrogens is 2. The first-order valence-corrected chi connectivity index (χ1v) is 9.22. The van der Waals surface area contributed by atoms with Gasteiger partial charge in [-0.3, -0.25) is 9.59 Å². The van der Waals surface area contributed by atoms with Crippen LogP contribution in [0.4, 0.5) is 5.69 Å². The average molecular weight is 361 g/mol. The highest BCUT2D eigenvalue weighted by Crippen LogP contribution is 2.31. The van der Waals surface area contributed by atoms with Gasteiger partial charge in [0.1, 0.15) is 5.56 Å². The molecule has 0 radical (unpaired) electrons. The summed E-state index contributed by atoms with van der Waals surface area (Å²) < 4.78 is 7.25. The molecule has 0 aliphatic carbocycles. The molecule has 1 aliphatic rings. The molecule has 4 aromatic rings. The first kappa shape index (κ1) is 15.3. The maximum absolute atomic E-state index is 12.9. The number of hydrogen-bond donors (Lipinski definition) is 1. The summed E-state index contributed by atoms with van der Waals surface area (Å²) in [6, 6.07) is 11.6. The molecule has 5 rings (SSSR count). The van der Waals surface area contributed by atoms with E-state index in [0.29, 0.717) is 11.1 Å². The van der Waals surface area contributed by atoms with E-state index in [1.165, 1.54) is 11.5 Å². The number of nitrogens with one attached hydrogen (secondary N) is 1. The molecule has 3 heterocycles. The Hall–Kier alpha value is -2.99. The smallest absolute Gasteiger partial charge is 0.261 e. The molecule has 0 bridgehead atoms. The largest absolute Gasteiger partial charge is 0.343 e. The summed E-state index contributed by atoms with van der Waals surface area (Å²) in [4.78, 5) is 25.7. The van der Waals surface area contributed by atoms with E-state index in [2.05, 4.69) is 16.6 Å². The number of para-hydroxylation sites is 1. The van der Waals surface area contributed by atoms with E-state index in [0.717, 1.165) is 27.6 Å². The molecular formula is C20H15N3O2S. The number of benzene rings is 2. The highest BCUT2D eigenvalue weighted by atomic mass is 32.1. The molecule has 2 aromatic heterocycles. The van der Waals surface area contributed by atoms with Gasteiger partial charge in [-0.15, -0.1) is 0 Å². The van der Waals surface area contributed by atoms with E-state index in [4.69, 9.17) is 0 Å². The van der Waals surface area contributed by atoms with E-state index in [9.17, 15) is 9.59 Å². The van der Waals surface area contributed by atoms with Crippen LogP contribution < -0.4 is 10.7 Å². The summed E-state index contributed by atoms with van der Waals surface area (Å²) in [5, 5.41) is 4.43. The van der Waals surface area contributed by atoms with Crippen molar-refractivity contribution in [2.24, 2.45) is 0 Å². The Morgan fingerprint density at radius 2 is 2.19 bits per heavy atom. The molecular weight excluding hydrogens is 346 g/mol. The predicted octanol–water partition coefficient (Wildman–Crippen LogP) is 3.98. The van der Waals surface area contributed by atoms with Crippen LogP contribution in [-0.2, 0) is 6.42 Å². The number of amides is 1. The highest BCUT2D eigenvalue weighted by molar-refractivity contribution is 7.13. The summed E-state index contributed by atoms with van der Waals surface area (Å²) >= 11 is 1.41. The molecule has 1 aliphatic heterocycles. The van der Waals surface area contributed by atoms with Gasteiger partial charge in [0.05, 0.1) is 10.2 Å². The van der Waals surface area contributed by atoms with Gasteiger partial charge in [0, 0.05) is 34.9 Å². The van der Waals surface area contributed by atoms with Crippen LogP contribution >= 0.6 is 11.5 Å². The minimum absolute atomic E-state index is 0.173. The van der Waals surface area contributed by atoms with Crippen molar-refractivity contribution in [1.29, 1.82) is 0 Å². The Bertz CT molecular complexity index is 1260. The maximum Gasteiger partial charge on any atom is 0.261 e. The quantitative estimate of drug-likeness (QED) is 0.587. The molecule has 0 spiro atoms. The molecule has 1 N–H and O–H groups in total. The van der Waals surface area contributed by atoms with E-state index >= 15 is 0 Å². The third kappa shape index (κ3) is 2.19. The topological polar surface area (TPSA) is 64.0 Å². The van der Waals surface area contributed by atoms with Crippen molar-refractivity contribution in [1.82, 2.24) is 8.94 Å². The molecule has 1 atom stereocenters. The van der Waals surface area contributed by atoms with Crippen molar-refractivity contribution in [3.63, 3.8) is 0 Å². The molecule has 1 unspecified atom stereocenters. The van der Waals surface area contributed by atoms with Crippen molar-refractivity contribution in [2.45, 2.75) is 19.4 Å². The molecule has 5 nitrogen and oxygen atoms in total. The van der Waals surface area contributed by atoms with Crippen LogP contribution in [0, 0.1) is 0 Å². The van der Waals surface area contributed by atoms with Crippen LogP contribution in [0.3, 0.4) is 0 Å². The van der Waals surface area contributed by atoms with Crippen LogP contribution in [0.1, 0.15) is 28.9 Å². The number of carbonyl (C=O) groups excluding carboxylic acids is 1. The molecule has 1 amide bonds. The number of carbonyl (C=O) groups is 1. The minimum atomic E-state index is -0.382. The fourth-order valence-corrected chi connectivity index (χ4v) is 4.35. The van der Waals surface area contributed by atoms with Gasteiger partial charge in [-0.05, 0) is 54.7 Å². The lowest BCUT2D eigenvalue weighted by Crippen LogP contribution is -2.23. The van der Waals surface area contributed by atoms with Crippen molar-refractivity contribution in [2.75, 3.05) is 5.32 Å². The van der Waals surface area contributed by atoms with Gasteiger partial charge in [0.2, 0.25) is 5.43 Å². The summed E-state index contributed by atoms with van der Waals surface area (Å²) in [7, 11) is 0. The SMILES string of the molecule is CC1Cc2cccc3c(=O)c(C(=O)Nc4ccc5sncc5c4)cn1c23.